The number of aromatic nitrogens is 1. The van der Waals surface area contributed by atoms with Gasteiger partial charge in [-0.15, -0.1) is 0 Å². The molecule has 0 radical (unpaired) electrons. The smallest absolute Gasteiger partial charge is 0.246 e. The fraction of sp³-hybridized carbons (Fsp3) is 0.348. The van der Waals surface area contributed by atoms with Gasteiger partial charge in [0.2, 0.25) is 11.8 Å². The van der Waals surface area contributed by atoms with Crippen LogP contribution < -0.4 is 5.32 Å². The number of rotatable bonds is 3. The third kappa shape index (κ3) is 3.53. The van der Waals surface area contributed by atoms with E-state index in [0.29, 0.717) is 30.5 Å². The van der Waals surface area contributed by atoms with Gasteiger partial charge in [-0.3, -0.25) is 9.59 Å². The van der Waals surface area contributed by atoms with Gasteiger partial charge in [0, 0.05) is 31.8 Å². The molecule has 0 aromatic carbocycles. The number of aryl methyl sites for hydroxylation is 2. The lowest BCUT2D eigenvalue weighted by atomic mass is 9.98. The molecule has 1 unspecified atom stereocenters. The molecule has 0 spiro atoms. The van der Waals surface area contributed by atoms with Gasteiger partial charge >= 0.3 is 0 Å². The molecule has 4 heterocycles. The molecule has 2 amide bonds. The van der Waals surface area contributed by atoms with Crippen LogP contribution in [-0.2, 0) is 16.0 Å². The van der Waals surface area contributed by atoms with E-state index in [4.69, 9.17) is 0 Å². The molecule has 0 saturated carbocycles. The molecule has 1 fully saturated rings. The minimum Gasteiger partial charge on any atom is -0.338 e. The Labute approximate surface area is 174 Å². The minimum atomic E-state index is 0.00872. The highest BCUT2D eigenvalue weighted by molar-refractivity contribution is 7.08. The van der Waals surface area contributed by atoms with Crippen LogP contribution in [0, 0.1) is 18.8 Å². The molecule has 2 aromatic rings. The normalized spacial score (nSPS) is 23.1. The molecule has 2 aromatic heterocycles. The molecular formula is C23H23N3O2S. The maximum atomic E-state index is 12.7. The summed E-state index contributed by atoms with van der Waals surface area (Å²) in [6.45, 7) is 3.80. The molecule has 2 atom stereocenters. The molecule has 148 valence electrons. The van der Waals surface area contributed by atoms with Crippen molar-refractivity contribution in [2.24, 2.45) is 11.8 Å². The summed E-state index contributed by atoms with van der Waals surface area (Å²) >= 11 is 1.76. The molecule has 6 heteroatoms. The van der Waals surface area contributed by atoms with Gasteiger partial charge in [0.15, 0.2) is 0 Å². The summed E-state index contributed by atoms with van der Waals surface area (Å²) in [7, 11) is 0. The quantitative estimate of drug-likeness (QED) is 0.788. The molecule has 29 heavy (non-hydrogen) atoms. The number of fused-ring (bicyclic) bond motifs is 2. The van der Waals surface area contributed by atoms with E-state index in [1.807, 2.05) is 17.0 Å². The highest BCUT2D eigenvalue weighted by Gasteiger charge is 2.38. The highest BCUT2D eigenvalue weighted by Crippen LogP contribution is 2.42. The van der Waals surface area contributed by atoms with Crippen molar-refractivity contribution in [3.63, 3.8) is 0 Å². The lowest BCUT2D eigenvalue weighted by Gasteiger charge is -2.16. The van der Waals surface area contributed by atoms with E-state index < -0.39 is 0 Å². The van der Waals surface area contributed by atoms with Gasteiger partial charge in [-0.1, -0.05) is 6.08 Å². The zero-order valence-electron chi connectivity index (χ0n) is 16.4. The van der Waals surface area contributed by atoms with Crippen LogP contribution in [0.3, 0.4) is 0 Å². The minimum absolute atomic E-state index is 0.00872. The monoisotopic (exact) mass is 405 g/mol. The van der Waals surface area contributed by atoms with Crippen molar-refractivity contribution in [1.82, 2.24) is 9.88 Å². The first kappa shape index (κ1) is 18.3. The van der Waals surface area contributed by atoms with Crippen molar-refractivity contribution < 1.29 is 9.59 Å². The zero-order valence-corrected chi connectivity index (χ0v) is 17.2. The molecule has 0 bridgehead atoms. The Morgan fingerprint density at radius 3 is 3.00 bits per heavy atom. The van der Waals surface area contributed by atoms with Crippen LogP contribution in [0.5, 0.6) is 0 Å². The average molecular weight is 406 g/mol. The van der Waals surface area contributed by atoms with E-state index in [1.54, 1.807) is 23.6 Å². The van der Waals surface area contributed by atoms with Gasteiger partial charge in [-0.2, -0.15) is 11.3 Å². The SMILES string of the molecule is Cc1cscc1C1=C[C@@H]2CN(C(=O)/C=C/c3cnc4c(c3)CCC(=O)N4)CC2C1. The lowest BCUT2D eigenvalue weighted by Crippen LogP contribution is -2.27. The van der Waals surface area contributed by atoms with Crippen molar-refractivity contribution in [3.05, 3.63) is 57.4 Å². The fourth-order valence-corrected chi connectivity index (χ4v) is 5.49. The molecule has 1 N–H and O–H groups in total. The third-order valence-corrected chi connectivity index (χ3v) is 7.05. The van der Waals surface area contributed by atoms with Crippen molar-refractivity contribution in [2.45, 2.75) is 26.2 Å². The van der Waals surface area contributed by atoms with Gasteiger partial charge in [-0.25, -0.2) is 4.98 Å². The molecule has 5 rings (SSSR count). The van der Waals surface area contributed by atoms with Crippen LogP contribution in [0.1, 0.15) is 35.1 Å². The summed E-state index contributed by atoms with van der Waals surface area (Å²) in [5.74, 6) is 1.72. The number of hydrogen-bond acceptors (Lipinski definition) is 4. The average Bonchev–Trinajstić information content (AvgIpc) is 3.40. The van der Waals surface area contributed by atoms with Crippen LogP contribution in [-0.4, -0.2) is 34.8 Å². The number of carbonyl (C=O) groups excluding carboxylic acids is 2. The maximum absolute atomic E-state index is 12.7. The van der Waals surface area contributed by atoms with Crippen LogP contribution in [0.2, 0.25) is 0 Å². The number of allylic oxidation sites excluding steroid dienone is 1. The summed E-state index contributed by atoms with van der Waals surface area (Å²) in [6, 6.07) is 2.00. The standard InChI is InChI=1S/C23H23N3O2S/c1-14-12-29-13-20(14)17-7-18-10-26(11-19(18)8-17)22(28)5-2-15-6-16-3-4-21(27)25-23(16)24-9-15/h2,5-7,9,12-13,18-19H,3-4,8,10-11H2,1H3,(H,24,25,27)/b5-2+/t18-,19?/m1/s1. The zero-order chi connectivity index (χ0) is 20.0. The first-order chi connectivity index (χ1) is 14.1. The molecule has 1 aliphatic carbocycles. The predicted molar refractivity (Wildman–Crippen MR) is 115 cm³/mol. The second-order valence-electron chi connectivity index (χ2n) is 8.19. The van der Waals surface area contributed by atoms with Gasteiger partial charge < -0.3 is 10.2 Å². The lowest BCUT2D eigenvalue weighted by molar-refractivity contribution is -0.125. The van der Waals surface area contributed by atoms with Crippen LogP contribution in [0.15, 0.2) is 35.2 Å². The predicted octanol–water partition coefficient (Wildman–Crippen LogP) is 3.91. The van der Waals surface area contributed by atoms with Crippen molar-refractivity contribution in [1.29, 1.82) is 0 Å². The number of amides is 2. The summed E-state index contributed by atoms with van der Waals surface area (Å²) in [4.78, 5) is 30.4. The Bertz CT molecular complexity index is 1050. The van der Waals surface area contributed by atoms with Crippen molar-refractivity contribution in [3.8, 4) is 0 Å². The van der Waals surface area contributed by atoms with Crippen LogP contribution in [0.25, 0.3) is 11.6 Å². The van der Waals surface area contributed by atoms with E-state index in [0.717, 1.165) is 30.6 Å². The van der Waals surface area contributed by atoms with Crippen molar-refractivity contribution in [2.75, 3.05) is 18.4 Å². The number of carbonyl (C=O) groups is 2. The number of likely N-dealkylation sites (tertiary alicyclic amines) is 1. The van der Waals surface area contributed by atoms with Crippen molar-refractivity contribution >= 4 is 40.6 Å². The molecule has 2 aliphatic heterocycles. The van der Waals surface area contributed by atoms with E-state index in [2.05, 4.69) is 34.1 Å². The Kier molecular flexibility index (Phi) is 4.59. The molecule has 3 aliphatic rings. The van der Waals surface area contributed by atoms with Gasteiger partial charge in [-0.05, 0) is 82.3 Å². The summed E-state index contributed by atoms with van der Waals surface area (Å²) in [6.07, 6.45) is 9.81. The van der Waals surface area contributed by atoms with Gasteiger partial charge in [0.1, 0.15) is 5.82 Å². The fourth-order valence-electron chi connectivity index (χ4n) is 4.62. The Morgan fingerprint density at radius 2 is 2.21 bits per heavy atom. The maximum Gasteiger partial charge on any atom is 0.246 e. The van der Waals surface area contributed by atoms with E-state index in [1.165, 1.54) is 16.7 Å². The van der Waals surface area contributed by atoms with E-state index in [9.17, 15) is 9.59 Å². The largest absolute Gasteiger partial charge is 0.338 e. The van der Waals surface area contributed by atoms with E-state index in [-0.39, 0.29) is 11.8 Å². The number of hydrogen-bond donors (Lipinski definition) is 1. The van der Waals surface area contributed by atoms with Gasteiger partial charge in [0.25, 0.3) is 0 Å². The van der Waals surface area contributed by atoms with E-state index >= 15 is 0 Å². The molecular weight excluding hydrogens is 382 g/mol. The summed E-state index contributed by atoms with van der Waals surface area (Å²) < 4.78 is 0. The van der Waals surface area contributed by atoms with Crippen LogP contribution >= 0.6 is 11.3 Å². The summed E-state index contributed by atoms with van der Waals surface area (Å²) in [5.41, 5.74) is 6.11. The Hall–Kier alpha value is -2.73. The second kappa shape index (κ2) is 7.26. The Morgan fingerprint density at radius 1 is 1.31 bits per heavy atom. The topological polar surface area (TPSA) is 62.3 Å². The Balaban J connectivity index is 1.23. The third-order valence-electron chi connectivity index (χ3n) is 6.19. The number of pyridine rings is 1. The first-order valence-corrected chi connectivity index (χ1v) is 11.0. The number of anilines is 1. The number of nitrogens with one attached hydrogen (secondary N) is 1. The van der Waals surface area contributed by atoms with Crippen LogP contribution in [0.4, 0.5) is 5.82 Å². The number of nitrogens with zero attached hydrogens (tertiary/aromatic N) is 2. The first-order valence-electron chi connectivity index (χ1n) is 10.1. The van der Waals surface area contributed by atoms with Gasteiger partial charge in [0.05, 0.1) is 0 Å². The summed E-state index contributed by atoms with van der Waals surface area (Å²) in [5, 5.41) is 7.23. The highest BCUT2D eigenvalue weighted by atomic mass is 32.1. The second-order valence-corrected chi connectivity index (χ2v) is 8.93. The number of thiophene rings is 1. The molecule has 1 saturated heterocycles. The molecule has 5 nitrogen and oxygen atoms in total.